The van der Waals surface area contributed by atoms with Crippen molar-refractivity contribution in [2.45, 2.75) is 6.92 Å². The number of fused-ring (bicyclic) bond motifs is 3. The highest BCUT2D eigenvalue weighted by molar-refractivity contribution is 6.07. The third kappa shape index (κ3) is 2.76. The lowest BCUT2D eigenvalue weighted by Gasteiger charge is -2.08. The summed E-state index contributed by atoms with van der Waals surface area (Å²) in [5, 5.41) is 2.44. The first kappa shape index (κ1) is 17.4. The van der Waals surface area contributed by atoms with Crippen LogP contribution in [-0.4, -0.2) is 4.57 Å². The lowest BCUT2D eigenvalue weighted by Crippen LogP contribution is -2.35. The molecule has 4 nitrogen and oxygen atoms in total. The zero-order valence-electron chi connectivity index (χ0n) is 16.8. The number of para-hydroxylation sites is 2. The summed E-state index contributed by atoms with van der Waals surface area (Å²) in [6, 6.07) is 27.2. The van der Waals surface area contributed by atoms with Gasteiger partial charge >= 0.3 is 5.88 Å². The fourth-order valence-corrected chi connectivity index (χ4v) is 4.00. The first-order valence-electron chi connectivity index (χ1n) is 9.76. The van der Waals surface area contributed by atoms with Crippen molar-refractivity contribution in [3.05, 3.63) is 90.6 Å². The molecule has 0 atom stereocenters. The second-order valence-electron chi connectivity index (χ2n) is 7.36. The van der Waals surface area contributed by atoms with Crippen LogP contribution in [0.1, 0.15) is 5.56 Å². The number of aromatic nitrogens is 3. The molecule has 0 amide bonds. The van der Waals surface area contributed by atoms with Gasteiger partial charge in [-0.25, -0.2) is 0 Å². The highest BCUT2D eigenvalue weighted by Crippen LogP contribution is 2.32. The standard InChI is InChI=1S/C25H23N3O/c1-18-10-4-6-12-21(18)28-22-13-7-5-11-19(22)20-15-16-24(27(3)25(20)28)29-23-14-8-9-17-26(23)2/h4-17H,1-3H3/q+2. The number of hydrogen-bond donors (Lipinski definition) is 0. The summed E-state index contributed by atoms with van der Waals surface area (Å²) >= 11 is 0. The number of benzene rings is 2. The van der Waals surface area contributed by atoms with Crippen molar-refractivity contribution in [1.29, 1.82) is 0 Å². The smallest absolute Gasteiger partial charge is 0.368 e. The van der Waals surface area contributed by atoms with Crippen molar-refractivity contribution in [2.24, 2.45) is 14.1 Å². The Morgan fingerprint density at radius 3 is 2.31 bits per heavy atom. The molecule has 5 rings (SSSR count). The van der Waals surface area contributed by atoms with Crippen molar-refractivity contribution < 1.29 is 13.9 Å². The molecule has 29 heavy (non-hydrogen) atoms. The van der Waals surface area contributed by atoms with Gasteiger partial charge in [0.25, 0.3) is 11.5 Å². The van der Waals surface area contributed by atoms with Gasteiger partial charge in [-0.15, -0.1) is 0 Å². The van der Waals surface area contributed by atoms with Gasteiger partial charge in [0.2, 0.25) is 0 Å². The molecule has 3 heterocycles. The van der Waals surface area contributed by atoms with Crippen LogP contribution in [0.15, 0.2) is 85.1 Å². The van der Waals surface area contributed by atoms with Crippen molar-refractivity contribution in [3.63, 3.8) is 0 Å². The minimum atomic E-state index is 0.789. The molecule has 0 unspecified atom stereocenters. The Morgan fingerprint density at radius 2 is 1.48 bits per heavy atom. The molecule has 5 aromatic rings. The maximum Gasteiger partial charge on any atom is 0.375 e. The zero-order valence-corrected chi connectivity index (χ0v) is 16.8. The molecule has 0 aliphatic rings. The van der Waals surface area contributed by atoms with E-state index in [1.54, 1.807) is 0 Å². The lowest BCUT2D eigenvalue weighted by molar-refractivity contribution is -0.687. The average molecular weight is 381 g/mol. The van der Waals surface area contributed by atoms with E-state index >= 15 is 0 Å². The van der Waals surface area contributed by atoms with Crippen LogP contribution in [0.3, 0.4) is 0 Å². The van der Waals surface area contributed by atoms with Gasteiger partial charge in [-0.1, -0.05) is 30.3 Å². The summed E-state index contributed by atoms with van der Waals surface area (Å²) in [4.78, 5) is 0. The summed E-state index contributed by atoms with van der Waals surface area (Å²) in [6.07, 6.45) is 1.98. The summed E-state index contributed by atoms with van der Waals surface area (Å²) < 4.78 is 12.7. The SMILES string of the molecule is Cc1ccccc1-n1c2ccccc2c2ccc(Oc3cccc[n+]3C)[n+](C)c21. The van der Waals surface area contributed by atoms with E-state index in [0.29, 0.717) is 0 Å². The monoisotopic (exact) mass is 381 g/mol. The Hall–Kier alpha value is -3.66. The molecule has 0 saturated heterocycles. The molecule has 0 N–H and O–H groups in total. The van der Waals surface area contributed by atoms with E-state index in [-0.39, 0.29) is 0 Å². The number of pyridine rings is 2. The maximum absolute atomic E-state index is 6.28. The molecule has 0 spiro atoms. The maximum atomic E-state index is 6.28. The molecule has 0 saturated carbocycles. The normalized spacial score (nSPS) is 11.3. The number of hydrogen-bond acceptors (Lipinski definition) is 1. The van der Waals surface area contributed by atoms with Crippen LogP contribution in [0.5, 0.6) is 11.8 Å². The van der Waals surface area contributed by atoms with E-state index in [9.17, 15) is 0 Å². The molecule has 0 bridgehead atoms. The van der Waals surface area contributed by atoms with Crippen molar-refractivity contribution in [1.82, 2.24) is 4.57 Å². The fourth-order valence-electron chi connectivity index (χ4n) is 4.00. The molecule has 0 fully saturated rings. The van der Waals surface area contributed by atoms with Crippen LogP contribution in [0.4, 0.5) is 0 Å². The minimum absolute atomic E-state index is 0.789. The second kappa shape index (κ2) is 6.74. The average Bonchev–Trinajstić information content (AvgIpc) is 3.07. The highest BCUT2D eigenvalue weighted by Gasteiger charge is 2.25. The second-order valence-corrected chi connectivity index (χ2v) is 7.36. The van der Waals surface area contributed by atoms with E-state index in [0.717, 1.165) is 17.4 Å². The number of nitrogens with zero attached hydrogens (tertiary/aromatic N) is 3. The zero-order chi connectivity index (χ0) is 20.0. The van der Waals surface area contributed by atoms with Gasteiger partial charge in [-0.2, -0.15) is 13.7 Å². The topological polar surface area (TPSA) is 21.9 Å². The predicted octanol–water partition coefficient (Wildman–Crippen LogP) is 4.53. The van der Waals surface area contributed by atoms with Gasteiger partial charge in [0.05, 0.1) is 18.5 Å². The van der Waals surface area contributed by atoms with Gasteiger partial charge in [0.1, 0.15) is 18.3 Å². The number of ether oxygens (including phenoxy) is 1. The van der Waals surface area contributed by atoms with Gasteiger partial charge in [-0.3, -0.25) is 0 Å². The molecule has 0 aliphatic carbocycles. The van der Waals surface area contributed by atoms with Crippen molar-refractivity contribution in [2.75, 3.05) is 0 Å². The molecule has 0 radical (unpaired) electrons. The van der Waals surface area contributed by atoms with E-state index in [1.807, 2.05) is 42.1 Å². The predicted molar refractivity (Wildman–Crippen MR) is 114 cm³/mol. The van der Waals surface area contributed by atoms with Crippen LogP contribution in [-0.2, 0) is 14.1 Å². The molecular formula is C25H23N3O+2. The van der Waals surface area contributed by atoms with Gasteiger partial charge in [0.15, 0.2) is 6.20 Å². The molecule has 0 aliphatic heterocycles. The third-order valence-electron chi connectivity index (χ3n) is 5.50. The Labute approximate surface area is 169 Å². The van der Waals surface area contributed by atoms with E-state index in [4.69, 9.17) is 4.74 Å². The summed E-state index contributed by atoms with van der Waals surface area (Å²) in [5.74, 6) is 1.58. The molecule has 142 valence electrons. The Morgan fingerprint density at radius 1 is 0.724 bits per heavy atom. The van der Waals surface area contributed by atoms with Crippen LogP contribution in [0.25, 0.3) is 27.6 Å². The Balaban J connectivity index is 1.82. The van der Waals surface area contributed by atoms with E-state index in [2.05, 4.69) is 77.7 Å². The van der Waals surface area contributed by atoms with Crippen LogP contribution < -0.4 is 13.9 Å². The van der Waals surface area contributed by atoms with Gasteiger partial charge < -0.3 is 4.74 Å². The first-order valence-corrected chi connectivity index (χ1v) is 9.76. The highest BCUT2D eigenvalue weighted by atomic mass is 16.5. The first-order chi connectivity index (χ1) is 14.1. The molecule has 4 heteroatoms. The summed E-state index contributed by atoms with van der Waals surface area (Å²) in [5.41, 5.74) is 4.71. The van der Waals surface area contributed by atoms with Gasteiger partial charge in [-0.05, 0) is 42.8 Å². The van der Waals surface area contributed by atoms with Crippen LogP contribution >= 0.6 is 0 Å². The number of rotatable bonds is 3. The summed E-state index contributed by atoms with van der Waals surface area (Å²) in [6.45, 7) is 2.15. The van der Waals surface area contributed by atoms with Crippen molar-refractivity contribution in [3.8, 4) is 17.4 Å². The summed E-state index contributed by atoms with van der Waals surface area (Å²) in [7, 11) is 4.05. The van der Waals surface area contributed by atoms with Crippen LogP contribution in [0.2, 0.25) is 0 Å². The van der Waals surface area contributed by atoms with Crippen LogP contribution in [0, 0.1) is 6.92 Å². The minimum Gasteiger partial charge on any atom is -0.368 e. The number of aryl methyl sites for hydroxylation is 3. The lowest BCUT2D eigenvalue weighted by atomic mass is 10.2. The fraction of sp³-hybridized carbons (Fsp3) is 0.120. The quantitative estimate of drug-likeness (QED) is 0.421. The van der Waals surface area contributed by atoms with Crippen molar-refractivity contribution >= 4 is 21.9 Å². The molecule has 3 aromatic heterocycles. The third-order valence-corrected chi connectivity index (χ3v) is 5.50. The Kier molecular flexibility index (Phi) is 4.06. The van der Waals surface area contributed by atoms with E-state index in [1.165, 1.54) is 27.5 Å². The van der Waals surface area contributed by atoms with Gasteiger partial charge in [0, 0.05) is 17.5 Å². The Bertz CT molecular complexity index is 1370. The largest absolute Gasteiger partial charge is 0.375 e. The molecular weight excluding hydrogens is 358 g/mol. The molecule has 2 aromatic carbocycles. The van der Waals surface area contributed by atoms with E-state index < -0.39 is 0 Å².